The lowest BCUT2D eigenvalue weighted by Crippen LogP contribution is -2.29. The van der Waals surface area contributed by atoms with Crippen molar-refractivity contribution in [2.45, 2.75) is 23.3 Å². The SMILES string of the molecule is O=S(=O)(Nc1cccc(Cl)c1)c1ccc2c(c1)[C@H]1C=CC[C@H]1[C@@H](c1ccccc1Br)N2. The number of anilines is 2. The molecule has 0 unspecified atom stereocenters. The van der Waals surface area contributed by atoms with Crippen molar-refractivity contribution in [3.63, 3.8) is 0 Å². The fraction of sp³-hybridized carbons (Fsp3) is 0.167. The van der Waals surface area contributed by atoms with Gasteiger partial charge < -0.3 is 5.32 Å². The van der Waals surface area contributed by atoms with Gasteiger partial charge in [-0.15, -0.1) is 0 Å². The second kappa shape index (κ2) is 8.01. The molecular weight excluding hydrogens is 496 g/mol. The molecule has 0 spiro atoms. The lowest BCUT2D eigenvalue weighted by atomic mass is 9.77. The Kier molecular flexibility index (Phi) is 5.32. The molecule has 0 saturated carbocycles. The first-order valence-corrected chi connectivity index (χ1v) is 12.7. The highest BCUT2D eigenvalue weighted by atomic mass is 79.9. The molecule has 4 nitrogen and oxygen atoms in total. The number of allylic oxidation sites excluding steroid dienone is 2. The number of rotatable bonds is 4. The molecule has 0 radical (unpaired) electrons. The molecule has 5 rings (SSSR count). The quantitative estimate of drug-likeness (QED) is 0.379. The van der Waals surface area contributed by atoms with Crippen LogP contribution in [0.3, 0.4) is 0 Å². The molecule has 1 heterocycles. The van der Waals surface area contributed by atoms with Gasteiger partial charge in [-0.1, -0.05) is 63.9 Å². The van der Waals surface area contributed by atoms with E-state index >= 15 is 0 Å². The van der Waals surface area contributed by atoms with Crippen molar-refractivity contribution in [3.8, 4) is 0 Å². The lowest BCUT2D eigenvalue weighted by Gasteiger charge is -2.38. The Bertz CT molecular complexity index is 1290. The highest BCUT2D eigenvalue weighted by Gasteiger charge is 2.39. The molecule has 1 aliphatic heterocycles. The van der Waals surface area contributed by atoms with Gasteiger partial charge >= 0.3 is 0 Å². The summed E-state index contributed by atoms with van der Waals surface area (Å²) in [6, 6.07) is 20.4. The van der Waals surface area contributed by atoms with Crippen molar-refractivity contribution >= 4 is 48.9 Å². The average molecular weight is 516 g/mol. The van der Waals surface area contributed by atoms with E-state index < -0.39 is 10.0 Å². The van der Waals surface area contributed by atoms with Crippen LogP contribution >= 0.6 is 27.5 Å². The van der Waals surface area contributed by atoms with Crippen molar-refractivity contribution in [1.82, 2.24) is 0 Å². The molecule has 1 aliphatic carbocycles. The van der Waals surface area contributed by atoms with Crippen LogP contribution in [0, 0.1) is 5.92 Å². The fourth-order valence-corrected chi connectivity index (χ4v) is 6.35. The molecule has 0 saturated heterocycles. The van der Waals surface area contributed by atoms with Gasteiger partial charge in [0, 0.05) is 21.1 Å². The zero-order chi connectivity index (χ0) is 21.6. The third-order valence-corrected chi connectivity index (χ3v) is 8.30. The average Bonchev–Trinajstić information content (AvgIpc) is 3.23. The van der Waals surface area contributed by atoms with Crippen LogP contribution in [-0.4, -0.2) is 8.42 Å². The molecule has 0 fully saturated rings. The predicted octanol–water partition coefficient (Wildman–Crippen LogP) is 6.73. The Morgan fingerprint density at radius 2 is 1.84 bits per heavy atom. The minimum Gasteiger partial charge on any atom is -0.378 e. The first kappa shape index (κ1) is 20.6. The number of hydrogen-bond acceptors (Lipinski definition) is 3. The van der Waals surface area contributed by atoms with Gasteiger partial charge in [-0.3, -0.25) is 4.72 Å². The van der Waals surface area contributed by atoms with Crippen molar-refractivity contribution in [2.75, 3.05) is 10.0 Å². The van der Waals surface area contributed by atoms with Crippen molar-refractivity contribution in [1.29, 1.82) is 0 Å². The minimum atomic E-state index is -3.73. The molecule has 158 valence electrons. The van der Waals surface area contributed by atoms with E-state index in [0.29, 0.717) is 16.6 Å². The Labute approximate surface area is 195 Å². The van der Waals surface area contributed by atoms with E-state index in [9.17, 15) is 8.42 Å². The van der Waals surface area contributed by atoms with Crippen LogP contribution in [0.25, 0.3) is 0 Å². The molecule has 3 aromatic rings. The van der Waals surface area contributed by atoms with Gasteiger partial charge in [0.25, 0.3) is 10.0 Å². The monoisotopic (exact) mass is 514 g/mol. The Hall–Kier alpha value is -2.28. The largest absolute Gasteiger partial charge is 0.378 e. The molecule has 2 N–H and O–H groups in total. The normalized spacial score (nSPS) is 21.8. The van der Waals surface area contributed by atoms with Crippen LogP contribution in [0.2, 0.25) is 5.02 Å². The molecule has 3 atom stereocenters. The number of hydrogen-bond donors (Lipinski definition) is 2. The molecule has 3 aromatic carbocycles. The van der Waals surface area contributed by atoms with Gasteiger partial charge in [-0.25, -0.2) is 8.42 Å². The number of fused-ring (bicyclic) bond motifs is 3. The van der Waals surface area contributed by atoms with Crippen LogP contribution in [0.15, 0.2) is 88.3 Å². The van der Waals surface area contributed by atoms with Crippen LogP contribution in [0.4, 0.5) is 11.4 Å². The summed E-state index contributed by atoms with van der Waals surface area (Å²) >= 11 is 9.68. The van der Waals surface area contributed by atoms with Gasteiger partial charge in [0.2, 0.25) is 0 Å². The first-order valence-electron chi connectivity index (χ1n) is 10.0. The summed E-state index contributed by atoms with van der Waals surface area (Å²) in [6.45, 7) is 0. The molecular formula is C24H20BrClN2O2S. The van der Waals surface area contributed by atoms with Gasteiger partial charge in [0.15, 0.2) is 0 Å². The minimum absolute atomic E-state index is 0.148. The maximum Gasteiger partial charge on any atom is 0.261 e. The summed E-state index contributed by atoms with van der Waals surface area (Å²) in [6.07, 6.45) is 5.34. The van der Waals surface area contributed by atoms with E-state index in [2.05, 4.69) is 50.3 Å². The zero-order valence-corrected chi connectivity index (χ0v) is 19.6. The molecule has 0 aromatic heterocycles. The predicted molar refractivity (Wildman–Crippen MR) is 129 cm³/mol. The molecule has 0 bridgehead atoms. The van der Waals surface area contributed by atoms with Crippen molar-refractivity contribution < 1.29 is 8.42 Å². The Morgan fingerprint density at radius 3 is 2.65 bits per heavy atom. The highest BCUT2D eigenvalue weighted by molar-refractivity contribution is 9.10. The molecule has 7 heteroatoms. The van der Waals surface area contributed by atoms with E-state index in [1.54, 1.807) is 36.4 Å². The molecule has 31 heavy (non-hydrogen) atoms. The van der Waals surface area contributed by atoms with E-state index in [1.165, 1.54) is 5.56 Å². The Morgan fingerprint density at radius 1 is 1.00 bits per heavy atom. The van der Waals surface area contributed by atoms with Crippen LogP contribution in [0.5, 0.6) is 0 Å². The van der Waals surface area contributed by atoms with Gasteiger partial charge in [-0.05, 0) is 65.9 Å². The topological polar surface area (TPSA) is 58.2 Å². The standard InChI is InChI=1S/C24H20BrClN2O2S/c25-22-10-2-1-7-20(22)24-19-9-4-8-18(19)21-14-17(11-12-23(21)27-24)31(29,30)28-16-6-3-5-15(26)13-16/h1-8,10-14,18-19,24,27-28H,9H2/t18-,19+,24-/m0/s1. The number of sulfonamides is 1. The summed E-state index contributed by atoms with van der Waals surface area (Å²) in [5.74, 6) is 0.486. The fourth-order valence-electron chi connectivity index (χ4n) is 4.54. The van der Waals surface area contributed by atoms with E-state index in [-0.39, 0.29) is 16.9 Å². The lowest BCUT2D eigenvalue weighted by molar-refractivity contribution is 0.424. The summed E-state index contributed by atoms with van der Waals surface area (Å²) in [4.78, 5) is 0.242. The third-order valence-electron chi connectivity index (χ3n) is 5.96. The highest BCUT2D eigenvalue weighted by Crippen LogP contribution is 2.51. The first-order chi connectivity index (χ1) is 14.9. The van der Waals surface area contributed by atoms with Crippen molar-refractivity contribution in [2.24, 2.45) is 5.92 Å². The second-order valence-corrected chi connectivity index (χ2v) is 10.8. The van der Waals surface area contributed by atoms with Crippen LogP contribution < -0.4 is 10.0 Å². The zero-order valence-electron chi connectivity index (χ0n) is 16.4. The Balaban J connectivity index is 1.51. The van der Waals surface area contributed by atoms with Gasteiger partial charge in [0.05, 0.1) is 16.6 Å². The summed E-state index contributed by atoms with van der Waals surface area (Å²) in [5.41, 5.74) is 3.63. The number of nitrogens with one attached hydrogen (secondary N) is 2. The summed E-state index contributed by atoms with van der Waals surface area (Å²) < 4.78 is 29.7. The van der Waals surface area contributed by atoms with E-state index in [1.807, 2.05) is 18.2 Å². The smallest absolute Gasteiger partial charge is 0.261 e. The van der Waals surface area contributed by atoms with Crippen LogP contribution in [-0.2, 0) is 10.0 Å². The van der Waals surface area contributed by atoms with Crippen molar-refractivity contribution in [3.05, 3.63) is 99.5 Å². The molecule has 2 aliphatic rings. The number of halogens is 2. The third kappa shape index (κ3) is 3.88. The van der Waals surface area contributed by atoms with Gasteiger partial charge in [-0.2, -0.15) is 0 Å². The molecule has 0 amide bonds. The van der Waals surface area contributed by atoms with Crippen LogP contribution in [0.1, 0.15) is 29.5 Å². The maximum absolute atomic E-state index is 13.0. The number of benzene rings is 3. The second-order valence-electron chi connectivity index (χ2n) is 7.86. The summed E-state index contributed by atoms with van der Waals surface area (Å²) in [7, 11) is -3.73. The van der Waals surface area contributed by atoms with Gasteiger partial charge in [0.1, 0.15) is 0 Å². The van der Waals surface area contributed by atoms with E-state index in [4.69, 9.17) is 11.6 Å². The maximum atomic E-state index is 13.0. The van der Waals surface area contributed by atoms with E-state index in [0.717, 1.165) is 22.1 Å². The summed E-state index contributed by atoms with van der Waals surface area (Å²) in [5, 5.41) is 4.14.